The zero-order valence-corrected chi connectivity index (χ0v) is 69.5. The second kappa shape index (κ2) is 43.1. The summed E-state index contributed by atoms with van der Waals surface area (Å²) < 4.78 is 146. The van der Waals surface area contributed by atoms with Gasteiger partial charge in [-0.3, -0.25) is 4.18 Å². The summed E-state index contributed by atoms with van der Waals surface area (Å²) in [6, 6.07) is 79.6. The molecule has 0 atom stereocenters. The molecule has 0 N–H and O–H groups in total. The Hall–Kier alpha value is -11.8. The van der Waals surface area contributed by atoms with Crippen LogP contribution in [0.5, 0.6) is 17.2 Å². The van der Waals surface area contributed by atoms with Crippen LogP contribution in [-0.4, -0.2) is 86.2 Å². The zero-order valence-electron chi connectivity index (χ0n) is 65.6. The molecule has 0 saturated heterocycles. The molecule has 0 aliphatic carbocycles. The van der Waals surface area contributed by atoms with Crippen LogP contribution in [0, 0.1) is 34.6 Å². The van der Waals surface area contributed by atoms with Crippen molar-refractivity contribution in [2.45, 2.75) is 65.5 Å². The number of hydrogen-bond acceptors (Lipinski definition) is 17. The minimum absolute atomic E-state index is 0.176. The summed E-state index contributed by atoms with van der Waals surface area (Å²) in [7, 11) is -8.97. The molecule has 0 aliphatic heterocycles. The lowest BCUT2D eigenvalue weighted by Crippen LogP contribution is -2.31. The highest BCUT2D eigenvalue weighted by Gasteiger charge is 2.46. The Bertz CT molecular complexity index is 5980. The van der Waals surface area contributed by atoms with E-state index >= 15 is 0 Å². The van der Waals surface area contributed by atoms with Gasteiger partial charge in [-0.25, -0.2) is 32.6 Å². The van der Waals surface area contributed by atoms with Gasteiger partial charge in [-0.05, 0) is 169 Å². The van der Waals surface area contributed by atoms with E-state index in [0.717, 1.165) is 66.5 Å². The number of nitrogens with zero attached hydrogens (tertiary/aromatic N) is 2. The van der Waals surface area contributed by atoms with Crippen molar-refractivity contribution in [2.75, 3.05) is 25.0 Å². The first kappa shape index (κ1) is 92.8. The zero-order chi connectivity index (χ0) is 86.8. The third-order valence-corrected chi connectivity index (χ3v) is 19.0. The summed E-state index contributed by atoms with van der Waals surface area (Å²) >= 11 is 11.3. The van der Waals surface area contributed by atoms with E-state index in [9.17, 15) is 53.9 Å². The van der Waals surface area contributed by atoms with Gasteiger partial charge in [0, 0.05) is 22.9 Å². The van der Waals surface area contributed by atoms with Crippen molar-refractivity contribution < 1.29 is 99.3 Å². The SMILES string of the molecule is COS(=O)(=O)C(F)(F)F.CSC.Cc1cc(C(=O)OCc2ccccc2)cc(C)c1OC(=O)c1c2ccccc2[n+](C)c2cc(/C=C/c3ccc(OCc4ccccc4)cc3)ccc12.Cc1ccc(/C=C/c2ccc3c(C(=O)Oc4c(C)cc(C(=O)OCc5ccccc5)cc4C)c4ccccc4nc3c2)cc1.ClCCl.O=S(=O)([O-])C(F)(F)F. The number of pyridine rings is 2. The maximum Gasteiger partial charge on any atom is 0.523 e. The number of ether oxygens (including phenoxy) is 5. The first-order chi connectivity index (χ1) is 56.6. The van der Waals surface area contributed by atoms with Crippen LogP contribution in [-0.2, 0) is 60.8 Å². The summed E-state index contributed by atoms with van der Waals surface area (Å²) in [6.07, 6.45) is 12.3. The molecule has 28 heteroatoms. The molecule has 2 aromatic heterocycles. The Morgan fingerprint density at radius 1 is 0.445 bits per heavy atom. The summed E-state index contributed by atoms with van der Waals surface area (Å²) in [5, 5.41) is 3.18. The van der Waals surface area contributed by atoms with Gasteiger partial charge in [0.25, 0.3) is 0 Å². The fourth-order valence-electron chi connectivity index (χ4n) is 11.8. The Labute approximate surface area is 699 Å². The highest BCUT2D eigenvalue weighted by Crippen LogP contribution is 2.35. The standard InChI is InChI=1S/C46H38NO5.C39H31NO4.C2H3F3O3S.C2H6S.CH2Cl2.CHF3O3S/c1-31-26-37(45(48)51-30-36-14-8-5-9-15-36)27-32(2)44(31)52-46(49)43-39-16-10-11-17-41(39)47(3)42-28-34(22-25-40(42)43)19-18-33-20-23-38(24-21-33)50-29-35-12-6-4-7-13-35;1-25-13-15-28(16-14-25)17-18-29-19-20-33-35(23-29)40-34-12-8-7-11-32(34)36(33)39(42)44-37-26(2)21-31(22-27(37)3)38(41)43-24-30-9-5-4-6-10-30;1-8-9(6,7)2(3,4)5;1-3-2;2-1-3;2-1(3,4)8(5,6)7/h4-28H,29-30H2,1-3H3;4-23H,24H2,1-3H3;1H3;1-2H3;1H2;(H,5,6,7)/q+1;;;;;/p-1/b19-18+;18-17+;;;;. The van der Waals surface area contributed by atoms with E-state index < -0.39 is 55.1 Å². The van der Waals surface area contributed by atoms with E-state index in [2.05, 4.69) is 64.2 Å². The number of aryl methyl sites for hydroxylation is 6. The van der Waals surface area contributed by atoms with Crippen molar-refractivity contribution in [2.24, 2.45) is 7.05 Å². The topological polar surface area (TPSA) is 232 Å². The normalized spacial score (nSPS) is 11.3. The quantitative estimate of drug-likeness (QED) is 0.00742. The van der Waals surface area contributed by atoms with Crippen molar-refractivity contribution in [1.29, 1.82) is 0 Å². The van der Waals surface area contributed by atoms with Crippen LogP contribution in [0.3, 0.4) is 0 Å². The number of halogens is 8. The average Bonchev–Trinajstić information content (AvgIpc) is 0.749. The van der Waals surface area contributed by atoms with Crippen molar-refractivity contribution >= 4 is 147 Å². The highest BCUT2D eigenvalue weighted by atomic mass is 35.5. The molecule has 0 radical (unpaired) electrons. The fourth-order valence-corrected chi connectivity index (χ4v) is 12.0. The molecule has 0 amide bonds. The lowest BCUT2D eigenvalue weighted by Gasteiger charge is -2.15. The number of fused-ring (bicyclic) bond motifs is 4. The minimum Gasteiger partial charge on any atom is -0.741 e. The van der Waals surface area contributed by atoms with Crippen LogP contribution in [0.15, 0.2) is 249 Å². The highest BCUT2D eigenvalue weighted by molar-refractivity contribution is 7.97. The third-order valence-electron chi connectivity index (χ3n) is 17.4. The first-order valence-corrected chi connectivity index (χ1v) is 41.5. The summed E-state index contributed by atoms with van der Waals surface area (Å²) in [5.41, 5.74) is 4.91. The van der Waals surface area contributed by atoms with Crippen LogP contribution >= 0.6 is 35.0 Å². The van der Waals surface area contributed by atoms with Crippen LogP contribution in [0.1, 0.15) is 108 Å². The van der Waals surface area contributed by atoms with Gasteiger partial charge >= 0.3 is 45.0 Å². The number of carbonyl (C=O) groups excluding carboxylic acids is 4. The number of rotatable bonds is 18. The van der Waals surface area contributed by atoms with E-state index in [4.69, 9.17) is 64.8 Å². The number of aromatic nitrogens is 2. The molecule has 13 aromatic rings. The van der Waals surface area contributed by atoms with Crippen molar-refractivity contribution in [3.63, 3.8) is 0 Å². The molecule has 0 fully saturated rings. The molecule has 2 heterocycles. The van der Waals surface area contributed by atoms with Crippen LogP contribution in [0.4, 0.5) is 26.3 Å². The maximum atomic E-state index is 14.1. The lowest BCUT2D eigenvalue weighted by molar-refractivity contribution is -0.617. The van der Waals surface area contributed by atoms with Crippen LogP contribution < -0.4 is 18.8 Å². The third kappa shape index (κ3) is 26.1. The monoisotopic (exact) mass is 1720 g/mol. The summed E-state index contributed by atoms with van der Waals surface area (Å²) in [4.78, 5) is 58.6. The Morgan fingerprint density at radius 2 is 0.798 bits per heavy atom. The molecule has 0 aliphatic rings. The lowest BCUT2D eigenvalue weighted by atomic mass is 10.00. The molecular formula is C91H80Cl2F6N2O15S3. The predicted molar refractivity (Wildman–Crippen MR) is 455 cm³/mol. The van der Waals surface area contributed by atoms with Gasteiger partial charge in [-0.15, -0.1) is 23.2 Å². The van der Waals surface area contributed by atoms with E-state index in [1.54, 1.807) is 36.0 Å². The van der Waals surface area contributed by atoms with Gasteiger partial charge in [0.1, 0.15) is 44.1 Å². The molecule has 618 valence electrons. The van der Waals surface area contributed by atoms with Gasteiger partial charge in [0.05, 0.1) is 56.5 Å². The second-order valence-corrected chi connectivity index (χ2v) is 30.9. The van der Waals surface area contributed by atoms with E-state index in [1.165, 1.54) is 5.56 Å². The Morgan fingerprint density at radius 3 is 1.23 bits per heavy atom. The van der Waals surface area contributed by atoms with Gasteiger partial charge in [-0.2, -0.15) is 51.1 Å². The number of benzene rings is 11. The van der Waals surface area contributed by atoms with Gasteiger partial charge in [0.2, 0.25) is 11.0 Å². The summed E-state index contributed by atoms with van der Waals surface area (Å²) in [5.74, 6) is -0.168. The molecule has 13 rings (SSSR count). The van der Waals surface area contributed by atoms with E-state index in [1.807, 2.05) is 247 Å². The van der Waals surface area contributed by atoms with Gasteiger partial charge < -0.3 is 28.2 Å². The number of thioether (sulfide) groups is 1. The smallest absolute Gasteiger partial charge is 0.523 e. The van der Waals surface area contributed by atoms with Crippen molar-refractivity contribution in [1.82, 2.24) is 4.98 Å². The van der Waals surface area contributed by atoms with E-state index in [-0.39, 0.29) is 18.6 Å². The molecular weight excluding hydrogens is 1640 g/mol. The van der Waals surface area contributed by atoms with Crippen molar-refractivity contribution in [3.8, 4) is 17.2 Å². The average molecular weight is 1720 g/mol. The molecule has 0 unspecified atom stereocenters. The van der Waals surface area contributed by atoms with Gasteiger partial charge in [0.15, 0.2) is 10.1 Å². The number of esters is 4. The molecule has 0 spiro atoms. The largest absolute Gasteiger partial charge is 0.741 e. The predicted octanol–water partition coefficient (Wildman–Crippen LogP) is 21.8. The number of hydrogen-bond donors (Lipinski definition) is 0. The summed E-state index contributed by atoms with van der Waals surface area (Å²) in [6.45, 7) is 10.2. The number of carbonyl (C=O) groups is 4. The molecule has 11 aromatic carbocycles. The van der Waals surface area contributed by atoms with Crippen LogP contribution in [0.25, 0.3) is 67.9 Å². The van der Waals surface area contributed by atoms with E-state index in [0.29, 0.717) is 91.5 Å². The Balaban J connectivity index is 0.000000236. The molecule has 17 nitrogen and oxygen atoms in total. The number of para-hydroxylation sites is 2. The first-order valence-electron chi connectivity index (χ1n) is 36.0. The Kier molecular flexibility index (Phi) is 33.6. The fraction of sp³-hybridized carbons (Fsp3) is 0.165. The molecule has 0 bridgehead atoms. The van der Waals surface area contributed by atoms with Crippen LogP contribution in [0.2, 0.25) is 0 Å². The molecule has 119 heavy (non-hydrogen) atoms. The van der Waals surface area contributed by atoms with Gasteiger partial charge in [-0.1, -0.05) is 206 Å². The van der Waals surface area contributed by atoms with Crippen molar-refractivity contribution in [3.05, 3.63) is 338 Å². The minimum atomic E-state index is -6.09. The number of alkyl halides is 8. The second-order valence-electron chi connectivity index (χ2n) is 26.2. The molecule has 0 saturated carbocycles. The maximum absolute atomic E-state index is 14.1.